The first-order valence-corrected chi connectivity index (χ1v) is 12.5. The largest absolute Gasteiger partial charge is 0.368 e. The maximum Gasteiger partial charge on any atom is 0.259 e. The molecule has 1 aliphatic heterocycles. The number of pyridine rings is 1. The summed E-state index contributed by atoms with van der Waals surface area (Å²) in [4.78, 5) is 14.5. The van der Waals surface area contributed by atoms with E-state index in [-0.39, 0.29) is 0 Å². The van der Waals surface area contributed by atoms with Crippen LogP contribution >= 0.6 is 11.6 Å². The Labute approximate surface area is 215 Å². The van der Waals surface area contributed by atoms with Crippen molar-refractivity contribution in [1.29, 1.82) is 0 Å². The number of hydrogen-bond donors (Lipinski definition) is 0. The Morgan fingerprint density at radius 2 is 1.56 bits per heavy atom. The summed E-state index contributed by atoms with van der Waals surface area (Å²) in [7, 11) is 0. The summed E-state index contributed by atoms with van der Waals surface area (Å²) in [6.07, 6.45) is 0. The molecule has 5 aromatic rings. The van der Waals surface area contributed by atoms with Crippen LogP contribution in [-0.2, 0) is 0 Å². The summed E-state index contributed by atoms with van der Waals surface area (Å²) in [5.41, 5.74) is 6.58. The lowest BCUT2D eigenvalue weighted by Crippen LogP contribution is -2.47. The van der Waals surface area contributed by atoms with Crippen molar-refractivity contribution in [2.45, 2.75) is 13.8 Å². The molecule has 2 aromatic heterocycles. The van der Waals surface area contributed by atoms with Gasteiger partial charge in [-0.25, -0.2) is 4.98 Å². The molecule has 3 heterocycles. The Morgan fingerprint density at radius 1 is 0.806 bits per heavy atom. The van der Waals surface area contributed by atoms with Gasteiger partial charge in [0.1, 0.15) is 5.82 Å². The molecule has 0 N–H and O–H groups in total. The average Bonchev–Trinajstić information content (AvgIpc) is 3.40. The van der Waals surface area contributed by atoms with Crippen molar-refractivity contribution in [3.8, 4) is 22.8 Å². The second kappa shape index (κ2) is 9.28. The third-order valence-corrected chi connectivity index (χ3v) is 7.02. The van der Waals surface area contributed by atoms with E-state index in [4.69, 9.17) is 26.1 Å². The lowest BCUT2D eigenvalue weighted by molar-refractivity contribution is 0.432. The number of anilines is 2. The highest BCUT2D eigenvalue weighted by atomic mass is 35.5. The number of nitrogens with zero attached hydrogens (tertiary/aromatic N) is 5. The number of aryl methyl sites for hydroxylation is 2. The van der Waals surface area contributed by atoms with E-state index in [0.29, 0.717) is 16.7 Å². The summed E-state index contributed by atoms with van der Waals surface area (Å²) >= 11 is 6.04. The number of benzene rings is 3. The first kappa shape index (κ1) is 22.6. The Bertz CT molecular complexity index is 1540. The number of fused-ring (bicyclic) bond motifs is 1. The highest BCUT2D eigenvalue weighted by Crippen LogP contribution is 2.33. The highest BCUT2D eigenvalue weighted by molar-refractivity contribution is 6.30. The Kier molecular flexibility index (Phi) is 5.82. The molecule has 36 heavy (non-hydrogen) atoms. The molecular formula is C29H26ClN5O. The van der Waals surface area contributed by atoms with E-state index in [0.717, 1.165) is 54.0 Å². The maximum atomic E-state index is 6.04. The standard InChI is InChI=1S/C29H26ClN5O/c1-19-7-8-20(2)26(17-19)34-13-15-35(16-14-34)27-18-24(23-5-3-4-6-25(23)31-27)29-32-28(33-36-29)21-9-11-22(30)12-10-21/h3-12,17-18H,13-16H2,1-2H3. The monoisotopic (exact) mass is 495 g/mol. The summed E-state index contributed by atoms with van der Waals surface area (Å²) in [6, 6.07) is 24.3. The van der Waals surface area contributed by atoms with Gasteiger partial charge in [-0.3, -0.25) is 0 Å². The van der Waals surface area contributed by atoms with Crippen LogP contribution in [0, 0.1) is 13.8 Å². The summed E-state index contributed by atoms with van der Waals surface area (Å²) in [6.45, 7) is 7.98. The van der Waals surface area contributed by atoms with E-state index < -0.39 is 0 Å². The van der Waals surface area contributed by atoms with Crippen molar-refractivity contribution < 1.29 is 4.52 Å². The van der Waals surface area contributed by atoms with Crippen molar-refractivity contribution in [3.05, 3.63) is 88.9 Å². The molecule has 0 saturated carbocycles. The van der Waals surface area contributed by atoms with Crippen LogP contribution in [0.25, 0.3) is 33.7 Å². The fourth-order valence-electron chi connectivity index (χ4n) is 4.79. The Morgan fingerprint density at radius 3 is 2.36 bits per heavy atom. The van der Waals surface area contributed by atoms with Crippen LogP contribution in [0.15, 0.2) is 77.3 Å². The van der Waals surface area contributed by atoms with Crippen molar-refractivity contribution in [1.82, 2.24) is 15.1 Å². The molecule has 0 unspecified atom stereocenters. The fourth-order valence-corrected chi connectivity index (χ4v) is 4.91. The summed E-state index contributed by atoms with van der Waals surface area (Å²) < 4.78 is 5.74. The van der Waals surface area contributed by atoms with E-state index in [2.05, 4.69) is 53.1 Å². The lowest BCUT2D eigenvalue weighted by Gasteiger charge is -2.37. The first-order valence-electron chi connectivity index (χ1n) is 12.1. The second-order valence-corrected chi connectivity index (χ2v) is 9.68. The Balaban J connectivity index is 1.31. The minimum absolute atomic E-state index is 0.480. The number of aromatic nitrogens is 3. The number of rotatable bonds is 4. The number of halogens is 1. The molecule has 1 saturated heterocycles. The van der Waals surface area contributed by atoms with Gasteiger partial charge in [0.05, 0.1) is 11.1 Å². The highest BCUT2D eigenvalue weighted by Gasteiger charge is 2.22. The molecule has 0 bridgehead atoms. The van der Waals surface area contributed by atoms with Crippen molar-refractivity contribution in [3.63, 3.8) is 0 Å². The predicted molar refractivity (Wildman–Crippen MR) is 146 cm³/mol. The molecule has 180 valence electrons. The molecule has 0 atom stereocenters. The molecule has 3 aromatic carbocycles. The van der Waals surface area contributed by atoms with Gasteiger partial charge in [0.15, 0.2) is 0 Å². The molecule has 0 spiro atoms. The zero-order valence-electron chi connectivity index (χ0n) is 20.3. The van der Waals surface area contributed by atoms with E-state index in [1.807, 2.05) is 48.5 Å². The SMILES string of the molecule is Cc1ccc(C)c(N2CCN(c3cc(-c4nc(-c5ccc(Cl)cc5)no4)c4ccccc4n3)CC2)c1. The minimum Gasteiger partial charge on any atom is -0.368 e. The predicted octanol–water partition coefficient (Wildman–Crippen LogP) is 6.55. The molecule has 6 nitrogen and oxygen atoms in total. The van der Waals surface area contributed by atoms with Crippen molar-refractivity contribution >= 4 is 34.0 Å². The van der Waals surface area contributed by atoms with Crippen LogP contribution in [0.3, 0.4) is 0 Å². The van der Waals surface area contributed by atoms with Gasteiger partial charge in [0, 0.05) is 47.8 Å². The zero-order chi connectivity index (χ0) is 24.6. The molecule has 1 aliphatic rings. The quantitative estimate of drug-likeness (QED) is 0.282. The van der Waals surface area contributed by atoms with Gasteiger partial charge in [-0.1, -0.05) is 47.1 Å². The van der Waals surface area contributed by atoms with Gasteiger partial charge in [-0.05, 0) is 67.4 Å². The van der Waals surface area contributed by atoms with Crippen LogP contribution in [0.1, 0.15) is 11.1 Å². The molecule has 1 fully saturated rings. The molecular weight excluding hydrogens is 470 g/mol. The van der Waals surface area contributed by atoms with E-state index in [1.54, 1.807) is 0 Å². The normalized spacial score (nSPS) is 14.0. The number of para-hydroxylation sites is 1. The van der Waals surface area contributed by atoms with Crippen molar-refractivity contribution in [2.75, 3.05) is 36.0 Å². The van der Waals surface area contributed by atoms with Gasteiger partial charge in [0.25, 0.3) is 5.89 Å². The summed E-state index contributed by atoms with van der Waals surface area (Å²) in [5, 5.41) is 5.89. The molecule has 7 heteroatoms. The van der Waals surface area contributed by atoms with E-state index in [9.17, 15) is 0 Å². The van der Waals surface area contributed by atoms with Gasteiger partial charge in [-0.2, -0.15) is 4.98 Å². The van der Waals surface area contributed by atoms with Crippen LogP contribution < -0.4 is 9.80 Å². The third kappa shape index (κ3) is 4.29. The zero-order valence-corrected chi connectivity index (χ0v) is 21.0. The van der Waals surface area contributed by atoms with Gasteiger partial charge >= 0.3 is 0 Å². The number of hydrogen-bond acceptors (Lipinski definition) is 6. The van der Waals surface area contributed by atoms with Crippen LogP contribution in [0.2, 0.25) is 5.02 Å². The first-order chi connectivity index (χ1) is 17.5. The average molecular weight is 496 g/mol. The third-order valence-electron chi connectivity index (χ3n) is 6.77. The van der Waals surface area contributed by atoms with E-state index in [1.165, 1.54) is 16.8 Å². The van der Waals surface area contributed by atoms with Crippen molar-refractivity contribution in [2.24, 2.45) is 0 Å². The van der Waals surface area contributed by atoms with Gasteiger partial charge < -0.3 is 14.3 Å². The molecule has 0 amide bonds. The lowest BCUT2D eigenvalue weighted by atomic mass is 10.1. The maximum absolute atomic E-state index is 6.04. The molecule has 0 radical (unpaired) electrons. The smallest absolute Gasteiger partial charge is 0.259 e. The number of piperazine rings is 1. The van der Waals surface area contributed by atoms with Crippen LogP contribution in [0.4, 0.5) is 11.5 Å². The van der Waals surface area contributed by atoms with Crippen LogP contribution in [0.5, 0.6) is 0 Å². The Hall–Kier alpha value is -3.90. The molecule has 0 aliphatic carbocycles. The van der Waals surface area contributed by atoms with E-state index >= 15 is 0 Å². The second-order valence-electron chi connectivity index (χ2n) is 9.24. The summed E-state index contributed by atoms with van der Waals surface area (Å²) in [5.74, 6) is 1.94. The minimum atomic E-state index is 0.480. The van der Waals surface area contributed by atoms with Gasteiger partial charge in [-0.15, -0.1) is 0 Å². The molecule has 6 rings (SSSR count). The van der Waals surface area contributed by atoms with Crippen LogP contribution in [-0.4, -0.2) is 41.3 Å². The topological polar surface area (TPSA) is 58.3 Å². The fraction of sp³-hybridized carbons (Fsp3) is 0.207. The van der Waals surface area contributed by atoms with Gasteiger partial charge in [0.2, 0.25) is 5.82 Å².